The van der Waals surface area contributed by atoms with E-state index in [1.165, 1.54) is 12.0 Å². The van der Waals surface area contributed by atoms with Gasteiger partial charge in [-0.15, -0.1) is 0 Å². The minimum absolute atomic E-state index is 0.416. The molecule has 0 bridgehead atoms. The lowest BCUT2D eigenvalue weighted by Crippen LogP contribution is -2.33. The van der Waals surface area contributed by atoms with Gasteiger partial charge in [-0.2, -0.15) is 0 Å². The third-order valence-electron chi connectivity index (χ3n) is 3.40. The second-order valence-corrected chi connectivity index (χ2v) is 5.98. The molecule has 0 aliphatic heterocycles. The first kappa shape index (κ1) is 12.0. The Labute approximate surface area is 106 Å². The zero-order valence-corrected chi connectivity index (χ0v) is 11.5. The maximum atomic E-state index is 5.86. The second-order valence-electron chi connectivity index (χ2n) is 4.69. The van der Waals surface area contributed by atoms with Gasteiger partial charge in [0.2, 0.25) is 0 Å². The van der Waals surface area contributed by atoms with Crippen LogP contribution in [-0.2, 0) is 0 Å². The van der Waals surface area contributed by atoms with Crippen LogP contribution in [0.5, 0.6) is 5.75 Å². The lowest BCUT2D eigenvalue weighted by Gasteiger charge is -2.31. The van der Waals surface area contributed by atoms with Crippen LogP contribution >= 0.6 is 15.9 Å². The lowest BCUT2D eigenvalue weighted by molar-refractivity contribution is 0.128. The van der Waals surface area contributed by atoms with Crippen molar-refractivity contribution < 1.29 is 4.74 Å². The van der Waals surface area contributed by atoms with E-state index < -0.39 is 0 Å². The van der Waals surface area contributed by atoms with Gasteiger partial charge in [0, 0.05) is 4.83 Å². The summed E-state index contributed by atoms with van der Waals surface area (Å²) in [5.74, 6) is 1.65. The number of hydrogen-bond acceptors (Lipinski definition) is 1. The SMILES string of the molecule is CCC(C)c1ccc(OC2CC(Br)C2)cc1. The summed E-state index contributed by atoms with van der Waals surface area (Å²) in [5.41, 5.74) is 1.40. The molecule has 0 aromatic heterocycles. The van der Waals surface area contributed by atoms with Gasteiger partial charge in [-0.1, -0.05) is 41.9 Å². The van der Waals surface area contributed by atoms with Crippen LogP contribution in [0.4, 0.5) is 0 Å². The summed E-state index contributed by atoms with van der Waals surface area (Å²) >= 11 is 3.57. The highest BCUT2D eigenvalue weighted by Gasteiger charge is 2.28. The van der Waals surface area contributed by atoms with Gasteiger partial charge in [-0.3, -0.25) is 0 Å². The number of halogens is 1. The van der Waals surface area contributed by atoms with Crippen LogP contribution in [-0.4, -0.2) is 10.9 Å². The van der Waals surface area contributed by atoms with E-state index in [4.69, 9.17) is 4.74 Å². The Kier molecular flexibility index (Phi) is 3.91. The number of rotatable bonds is 4. The van der Waals surface area contributed by atoms with E-state index >= 15 is 0 Å². The molecule has 1 fully saturated rings. The van der Waals surface area contributed by atoms with Crippen molar-refractivity contribution in [3.63, 3.8) is 0 Å². The molecule has 1 saturated carbocycles. The average molecular weight is 283 g/mol. The minimum atomic E-state index is 0.416. The van der Waals surface area contributed by atoms with Gasteiger partial charge in [-0.25, -0.2) is 0 Å². The van der Waals surface area contributed by atoms with Crippen LogP contribution in [0.2, 0.25) is 0 Å². The van der Waals surface area contributed by atoms with E-state index in [0.717, 1.165) is 18.6 Å². The Hall–Kier alpha value is -0.500. The van der Waals surface area contributed by atoms with Crippen LogP contribution in [0.1, 0.15) is 44.6 Å². The molecule has 1 nitrogen and oxygen atoms in total. The van der Waals surface area contributed by atoms with Gasteiger partial charge in [-0.05, 0) is 42.9 Å². The van der Waals surface area contributed by atoms with Gasteiger partial charge < -0.3 is 4.74 Å². The van der Waals surface area contributed by atoms with Crippen molar-refractivity contribution >= 4 is 15.9 Å². The van der Waals surface area contributed by atoms with Crippen LogP contribution in [0.25, 0.3) is 0 Å². The van der Waals surface area contributed by atoms with Crippen molar-refractivity contribution in [3.05, 3.63) is 29.8 Å². The summed E-state index contributed by atoms with van der Waals surface area (Å²) < 4.78 is 5.86. The average Bonchev–Trinajstić information content (AvgIpc) is 2.27. The van der Waals surface area contributed by atoms with Crippen molar-refractivity contribution in [1.82, 2.24) is 0 Å². The zero-order chi connectivity index (χ0) is 11.5. The lowest BCUT2D eigenvalue weighted by atomic mass is 9.95. The van der Waals surface area contributed by atoms with Gasteiger partial charge in [0.15, 0.2) is 0 Å². The molecule has 0 amide bonds. The Balaban J connectivity index is 1.92. The molecule has 88 valence electrons. The molecule has 16 heavy (non-hydrogen) atoms. The van der Waals surface area contributed by atoms with Crippen LogP contribution in [0, 0.1) is 0 Å². The van der Waals surface area contributed by atoms with E-state index in [1.54, 1.807) is 0 Å². The molecule has 1 atom stereocenters. The molecule has 1 aromatic rings. The third kappa shape index (κ3) is 2.79. The molecule has 0 N–H and O–H groups in total. The van der Waals surface area contributed by atoms with Crippen LogP contribution in [0.3, 0.4) is 0 Å². The Morgan fingerprint density at radius 1 is 1.31 bits per heavy atom. The van der Waals surface area contributed by atoms with Gasteiger partial charge in [0.25, 0.3) is 0 Å². The highest BCUT2D eigenvalue weighted by atomic mass is 79.9. The molecule has 0 heterocycles. The fraction of sp³-hybridized carbons (Fsp3) is 0.571. The van der Waals surface area contributed by atoms with Gasteiger partial charge >= 0.3 is 0 Å². The first-order valence-electron chi connectivity index (χ1n) is 6.09. The summed E-state index contributed by atoms with van der Waals surface area (Å²) in [6.45, 7) is 4.48. The molecule has 0 spiro atoms. The number of hydrogen-bond donors (Lipinski definition) is 0. The van der Waals surface area contributed by atoms with Gasteiger partial charge in [0.05, 0.1) is 0 Å². The quantitative estimate of drug-likeness (QED) is 0.739. The predicted octanol–water partition coefficient (Wildman–Crippen LogP) is 4.50. The number of benzene rings is 1. The normalized spacial score (nSPS) is 25.9. The fourth-order valence-corrected chi connectivity index (χ4v) is 2.73. The Morgan fingerprint density at radius 3 is 2.44 bits per heavy atom. The highest BCUT2D eigenvalue weighted by Crippen LogP contribution is 2.31. The van der Waals surface area contributed by atoms with Crippen LogP contribution < -0.4 is 4.74 Å². The highest BCUT2D eigenvalue weighted by molar-refractivity contribution is 9.09. The molecular weight excluding hydrogens is 264 g/mol. The molecule has 1 aliphatic carbocycles. The van der Waals surface area contributed by atoms with Gasteiger partial charge in [0.1, 0.15) is 11.9 Å². The first-order valence-corrected chi connectivity index (χ1v) is 7.01. The van der Waals surface area contributed by atoms with E-state index in [2.05, 4.69) is 54.0 Å². The minimum Gasteiger partial charge on any atom is -0.490 e. The van der Waals surface area contributed by atoms with Crippen molar-refractivity contribution in [3.8, 4) is 5.75 Å². The summed E-state index contributed by atoms with van der Waals surface area (Å²) in [4.78, 5) is 0.664. The molecule has 0 saturated heterocycles. The molecule has 1 aliphatic rings. The van der Waals surface area contributed by atoms with E-state index in [9.17, 15) is 0 Å². The maximum Gasteiger partial charge on any atom is 0.119 e. The molecule has 1 unspecified atom stereocenters. The summed E-state index contributed by atoms with van der Waals surface area (Å²) in [6, 6.07) is 8.58. The van der Waals surface area contributed by atoms with E-state index in [0.29, 0.717) is 16.8 Å². The zero-order valence-electron chi connectivity index (χ0n) is 9.95. The van der Waals surface area contributed by atoms with Crippen molar-refractivity contribution in [2.75, 3.05) is 0 Å². The Morgan fingerprint density at radius 2 is 1.94 bits per heavy atom. The summed E-state index contributed by atoms with van der Waals surface area (Å²) in [7, 11) is 0. The van der Waals surface area contributed by atoms with Crippen molar-refractivity contribution in [2.24, 2.45) is 0 Å². The monoisotopic (exact) mass is 282 g/mol. The standard InChI is InChI=1S/C14H19BrO/c1-3-10(2)11-4-6-13(7-5-11)16-14-8-12(15)9-14/h4-7,10,12,14H,3,8-9H2,1-2H3. The summed E-state index contributed by atoms with van der Waals surface area (Å²) in [6.07, 6.45) is 3.87. The number of alkyl halides is 1. The molecule has 1 aromatic carbocycles. The maximum absolute atomic E-state index is 5.86. The number of ether oxygens (including phenoxy) is 1. The molecular formula is C14H19BrO. The first-order chi connectivity index (χ1) is 7.69. The predicted molar refractivity (Wildman–Crippen MR) is 71.5 cm³/mol. The fourth-order valence-electron chi connectivity index (χ4n) is 1.90. The van der Waals surface area contributed by atoms with E-state index in [1.807, 2.05) is 0 Å². The van der Waals surface area contributed by atoms with Crippen molar-refractivity contribution in [2.45, 2.75) is 50.0 Å². The van der Waals surface area contributed by atoms with Crippen molar-refractivity contribution in [1.29, 1.82) is 0 Å². The Bertz CT molecular complexity index is 327. The molecule has 0 radical (unpaired) electrons. The third-order valence-corrected chi connectivity index (χ3v) is 4.15. The second kappa shape index (κ2) is 5.22. The molecule has 2 rings (SSSR count). The topological polar surface area (TPSA) is 9.23 Å². The van der Waals surface area contributed by atoms with Crippen LogP contribution in [0.15, 0.2) is 24.3 Å². The van der Waals surface area contributed by atoms with E-state index in [-0.39, 0.29) is 0 Å². The smallest absolute Gasteiger partial charge is 0.119 e. The molecule has 2 heteroatoms. The largest absolute Gasteiger partial charge is 0.490 e. The summed E-state index contributed by atoms with van der Waals surface area (Å²) in [5, 5.41) is 0.